The lowest BCUT2D eigenvalue weighted by atomic mass is 10.1. The maximum Gasteiger partial charge on any atom is 0.257 e. The molecule has 0 radical (unpaired) electrons. The van der Waals surface area contributed by atoms with Gasteiger partial charge >= 0.3 is 0 Å². The molecule has 0 aliphatic carbocycles. The van der Waals surface area contributed by atoms with Crippen LogP contribution < -0.4 is 5.32 Å². The summed E-state index contributed by atoms with van der Waals surface area (Å²) in [7, 11) is 0. The molecular formula is C19H16N2O2. The molecule has 0 atom stereocenters. The van der Waals surface area contributed by atoms with Gasteiger partial charge in [0.05, 0.1) is 6.20 Å². The highest BCUT2D eigenvalue weighted by molar-refractivity contribution is 5.99. The van der Waals surface area contributed by atoms with Crippen LogP contribution in [0.15, 0.2) is 77.5 Å². The van der Waals surface area contributed by atoms with E-state index >= 15 is 0 Å². The Bertz CT molecular complexity index is 793. The van der Waals surface area contributed by atoms with Crippen LogP contribution in [-0.2, 0) is 0 Å². The number of hydrogen-bond donors (Lipinski definition) is 1. The Morgan fingerprint density at radius 1 is 1.04 bits per heavy atom. The first-order valence-electron chi connectivity index (χ1n) is 7.34. The number of aromatic nitrogens is 1. The van der Waals surface area contributed by atoms with E-state index < -0.39 is 0 Å². The van der Waals surface area contributed by atoms with Gasteiger partial charge in [-0.05, 0) is 5.56 Å². The van der Waals surface area contributed by atoms with Gasteiger partial charge in [-0.15, -0.1) is 0 Å². The number of nitrogens with zero attached hydrogens (tertiary/aromatic N) is 1. The van der Waals surface area contributed by atoms with Crippen molar-refractivity contribution in [3.05, 3.63) is 84.1 Å². The van der Waals surface area contributed by atoms with E-state index in [0.717, 1.165) is 11.1 Å². The van der Waals surface area contributed by atoms with Gasteiger partial charge in [0.15, 0.2) is 5.76 Å². The summed E-state index contributed by atoms with van der Waals surface area (Å²) in [5, 5.41) is 6.58. The lowest BCUT2D eigenvalue weighted by Crippen LogP contribution is -2.23. The molecule has 1 N–H and O–H groups in total. The van der Waals surface area contributed by atoms with Crippen LogP contribution in [0.25, 0.3) is 17.4 Å². The van der Waals surface area contributed by atoms with Crippen molar-refractivity contribution in [1.29, 1.82) is 0 Å². The van der Waals surface area contributed by atoms with E-state index in [0.29, 0.717) is 17.9 Å². The highest BCUT2D eigenvalue weighted by Gasteiger charge is 2.16. The quantitative estimate of drug-likeness (QED) is 0.780. The second-order valence-electron chi connectivity index (χ2n) is 4.96. The lowest BCUT2D eigenvalue weighted by Gasteiger charge is -2.02. The largest absolute Gasteiger partial charge is 0.355 e. The monoisotopic (exact) mass is 304 g/mol. The number of nitrogens with one attached hydrogen (secondary N) is 1. The van der Waals surface area contributed by atoms with Crippen molar-refractivity contribution in [2.24, 2.45) is 0 Å². The van der Waals surface area contributed by atoms with Crippen molar-refractivity contribution in [3.8, 4) is 11.3 Å². The first-order chi connectivity index (χ1) is 11.3. The molecule has 1 amide bonds. The Kier molecular flexibility index (Phi) is 4.64. The van der Waals surface area contributed by atoms with Crippen LogP contribution in [0.3, 0.4) is 0 Å². The number of carbonyl (C=O) groups excluding carboxylic acids is 1. The van der Waals surface area contributed by atoms with Gasteiger partial charge in [0.1, 0.15) is 5.56 Å². The van der Waals surface area contributed by atoms with Gasteiger partial charge < -0.3 is 9.84 Å². The molecule has 0 bridgehead atoms. The number of benzene rings is 2. The fraction of sp³-hybridized carbons (Fsp3) is 0.0526. The van der Waals surface area contributed by atoms with Crippen molar-refractivity contribution < 1.29 is 9.32 Å². The van der Waals surface area contributed by atoms with Gasteiger partial charge in [0.25, 0.3) is 5.91 Å². The van der Waals surface area contributed by atoms with Gasteiger partial charge in [-0.2, -0.15) is 0 Å². The average molecular weight is 304 g/mol. The van der Waals surface area contributed by atoms with E-state index in [1.54, 1.807) is 0 Å². The molecule has 3 aromatic rings. The molecule has 1 heterocycles. The second kappa shape index (κ2) is 7.22. The van der Waals surface area contributed by atoms with Crippen molar-refractivity contribution in [1.82, 2.24) is 10.5 Å². The average Bonchev–Trinajstić information content (AvgIpc) is 3.10. The number of rotatable bonds is 5. The van der Waals surface area contributed by atoms with Crippen LogP contribution in [0.5, 0.6) is 0 Å². The van der Waals surface area contributed by atoms with Crippen LogP contribution in [0.1, 0.15) is 15.9 Å². The molecule has 0 unspecified atom stereocenters. The van der Waals surface area contributed by atoms with Crippen LogP contribution in [0.4, 0.5) is 0 Å². The highest BCUT2D eigenvalue weighted by atomic mass is 16.5. The van der Waals surface area contributed by atoms with Gasteiger partial charge in [-0.3, -0.25) is 4.79 Å². The molecular weight excluding hydrogens is 288 g/mol. The standard InChI is InChI=1S/C19H16N2O2/c22-19(20-13-7-10-15-8-3-1-4-9-15)17-14-21-23-18(17)16-11-5-2-6-12-16/h1-12,14H,13H2,(H,20,22)/b10-7+. The smallest absolute Gasteiger partial charge is 0.257 e. The zero-order valence-electron chi connectivity index (χ0n) is 12.5. The molecule has 3 rings (SSSR count). The first-order valence-corrected chi connectivity index (χ1v) is 7.34. The van der Waals surface area contributed by atoms with Crippen molar-refractivity contribution in [2.45, 2.75) is 0 Å². The summed E-state index contributed by atoms with van der Waals surface area (Å²) >= 11 is 0. The fourth-order valence-corrected chi connectivity index (χ4v) is 2.21. The molecule has 23 heavy (non-hydrogen) atoms. The Labute approximate surface area is 134 Å². The minimum atomic E-state index is -0.206. The van der Waals surface area contributed by atoms with Crippen LogP contribution in [0.2, 0.25) is 0 Å². The van der Waals surface area contributed by atoms with E-state index in [1.807, 2.05) is 72.8 Å². The summed E-state index contributed by atoms with van der Waals surface area (Å²) in [5.74, 6) is 0.276. The Hall–Kier alpha value is -3.14. The predicted octanol–water partition coefficient (Wildman–Crippen LogP) is 3.78. The maximum absolute atomic E-state index is 12.3. The lowest BCUT2D eigenvalue weighted by molar-refractivity contribution is 0.0958. The molecule has 4 heteroatoms. The summed E-state index contributed by atoms with van der Waals surface area (Å²) in [6.45, 7) is 0.438. The Morgan fingerprint density at radius 3 is 2.48 bits per heavy atom. The molecule has 0 fully saturated rings. The zero-order chi connectivity index (χ0) is 15.9. The summed E-state index contributed by atoms with van der Waals surface area (Å²) in [6.07, 6.45) is 5.31. The molecule has 0 spiro atoms. The SMILES string of the molecule is O=C(NC/C=C/c1ccccc1)c1cnoc1-c1ccccc1. The van der Waals surface area contributed by atoms with Crippen molar-refractivity contribution >= 4 is 12.0 Å². The van der Waals surface area contributed by atoms with Crippen molar-refractivity contribution in [2.75, 3.05) is 6.54 Å². The van der Waals surface area contributed by atoms with E-state index in [4.69, 9.17) is 4.52 Å². The molecule has 1 aromatic heterocycles. The first kappa shape index (κ1) is 14.8. The van der Waals surface area contributed by atoms with Crippen LogP contribution in [0, 0.1) is 0 Å². The third-order valence-corrected chi connectivity index (χ3v) is 3.34. The summed E-state index contributed by atoms with van der Waals surface area (Å²) < 4.78 is 5.22. The van der Waals surface area contributed by atoms with Crippen molar-refractivity contribution in [3.63, 3.8) is 0 Å². The summed E-state index contributed by atoms with van der Waals surface area (Å²) in [6, 6.07) is 19.4. The Balaban J connectivity index is 1.64. The fourth-order valence-electron chi connectivity index (χ4n) is 2.21. The van der Waals surface area contributed by atoms with Gasteiger partial charge in [-0.25, -0.2) is 0 Å². The maximum atomic E-state index is 12.3. The molecule has 4 nitrogen and oxygen atoms in total. The van der Waals surface area contributed by atoms with Gasteiger partial charge in [0.2, 0.25) is 0 Å². The second-order valence-corrected chi connectivity index (χ2v) is 4.96. The number of carbonyl (C=O) groups is 1. The van der Waals surface area contributed by atoms with Crippen LogP contribution >= 0.6 is 0 Å². The molecule has 0 aliphatic rings. The topological polar surface area (TPSA) is 55.1 Å². The zero-order valence-corrected chi connectivity index (χ0v) is 12.5. The molecule has 2 aromatic carbocycles. The van der Waals surface area contributed by atoms with Gasteiger partial charge in [0, 0.05) is 12.1 Å². The molecule has 114 valence electrons. The number of hydrogen-bond acceptors (Lipinski definition) is 3. The van der Waals surface area contributed by atoms with E-state index in [2.05, 4.69) is 10.5 Å². The highest BCUT2D eigenvalue weighted by Crippen LogP contribution is 2.22. The van der Waals surface area contributed by atoms with Crippen LogP contribution in [-0.4, -0.2) is 17.6 Å². The molecule has 0 saturated heterocycles. The molecule has 0 saturated carbocycles. The predicted molar refractivity (Wildman–Crippen MR) is 89.7 cm³/mol. The third-order valence-electron chi connectivity index (χ3n) is 3.34. The van der Waals surface area contributed by atoms with E-state index in [1.165, 1.54) is 6.20 Å². The minimum Gasteiger partial charge on any atom is -0.355 e. The molecule has 0 aliphatic heterocycles. The van der Waals surface area contributed by atoms with Gasteiger partial charge in [-0.1, -0.05) is 78.0 Å². The normalized spacial score (nSPS) is 10.8. The Morgan fingerprint density at radius 2 is 1.74 bits per heavy atom. The minimum absolute atomic E-state index is 0.206. The van der Waals surface area contributed by atoms with E-state index in [9.17, 15) is 4.79 Å². The summed E-state index contributed by atoms with van der Waals surface area (Å²) in [4.78, 5) is 12.3. The number of amides is 1. The van der Waals surface area contributed by atoms with E-state index in [-0.39, 0.29) is 5.91 Å². The summed E-state index contributed by atoms with van der Waals surface area (Å²) in [5.41, 5.74) is 2.36. The third kappa shape index (κ3) is 3.74.